The van der Waals surface area contributed by atoms with Gasteiger partial charge >= 0.3 is 0 Å². The minimum absolute atomic E-state index is 0.0193. The second-order valence-electron chi connectivity index (χ2n) is 6.06. The molecule has 0 aliphatic rings. The summed E-state index contributed by atoms with van der Waals surface area (Å²) in [4.78, 5) is 23.5. The van der Waals surface area contributed by atoms with Gasteiger partial charge in [-0.1, -0.05) is 65.2 Å². The average molecular weight is 282 g/mol. The quantitative estimate of drug-likeness (QED) is 0.395. The van der Waals surface area contributed by atoms with Gasteiger partial charge < -0.3 is 0 Å². The fourth-order valence-corrected chi connectivity index (χ4v) is 2.57. The van der Waals surface area contributed by atoms with Crippen molar-refractivity contribution in [1.29, 1.82) is 0 Å². The molecule has 0 amide bonds. The first kappa shape index (κ1) is 19.3. The lowest BCUT2D eigenvalue weighted by Crippen LogP contribution is -2.16. The summed E-state index contributed by atoms with van der Waals surface area (Å²) in [5.74, 6) is 0.462. The van der Waals surface area contributed by atoms with Crippen LogP contribution in [0.3, 0.4) is 0 Å². The number of carbonyl (C=O) groups is 2. The van der Waals surface area contributed by atoms with Gasteiger partial charge in [0.05, 0.1) is 0 Å². The average Bonchev–Trinajstić information content (AvgIpc) is 2.41. The summed E-state index contributed by atoms with van der Waals surface area (Å²) < 4.78 is 0. The minimum atomic E-state index is -0.0193. The fraction of sp³-hybridized carbons (Fsp3) is 0.889. The maximum Gasteiger partial charge on any atom is 0.133 e. The lowest BCUT2D eigenvalue weighted by Gasteiger charge is -2.12. The van der Waals surface area contributed by atoms with E-state index in [-0.39, 0.29) is 17.5 Å². The number of rotatable bonds is 14. The van der Waals surface area contributed by atoms with Gasteiger partial charge in [0.2, 0.25) is 0 Å². The number of ketones is 2. The molecule has 0 saturated heterocycles. The molecule has 2 heteroatoms. The molecule has 0 aliphatic carbocycles. The van der Waals surface area contributed by atoms with Gasteiger partial charge in [-0.05, 0) is 19.8 Å². The molecule has 118 valence electrons. The Balaban J connectivity index is 3.75. The molecule has 0 spiro atoms. The zero-order valence-electron chi connectivity index (χ0n) is 13.9. The van der Waals surface area contributed by atoms with Crippen LogP contribution in [0.5, 0.6) is 0 Å². The van der Waals surface area contributed by atoms with Gasteiger partial charge in [0.25, 0.3) is 0 Å². The Kier molecular flexibility index (Phi) is 12.9. The molecule has 0 heterocycles. The van der Waals surface area contributed by atoms with E-state index in [0.717, 1.165) is 38.5 Å². The smallest absolute Gasteiger partial charge is 0.133 e. The number of Topliss-reactive ketones (excluding diaryl/α,β-unsaturated/α-hetero) is 2. The summed E-state index contributed by atoms with van der Waals surface area (Å²) >= 11 is 0. The number of carbonyl (C=O) groups excluding carboxylic acids is 2. The molecule has 0 bridgehead atoms. The van der Waals surface area contributed by atoms with E-state index in [2.05, 4.69) is 13.8 Å². The molecule has 0 fully saturated rings. The second-order valence-corrected chi connectivity index (χ2v) is 6.06. The first-order chi connectivity index (χ1) is 9.61. The van der Waals surface area contributed by atoms with Crippen molar-refractivity contribution >= 4 is 11.6 Å². The van der Waals surface area contributed by atoms with E-state index in [9.17, 15) is 9.59 Å². The lowest BCUT2D eigenvalue weighted by atomic mass is 9.91. The van der Waals surface area contributed by atoms with Gasteiger partial charge in [0.15, 0.2) is 0 Å². The molecule has 0 saturated carbocycles. The summed E-state index contributed by atoms with van der Waals surface area (Å²) in [7, 11) is 0. The summed E-state index contributed by atoms with van der Waals surface area (Å²) in [6.07, 6.45) is 12.7. The molecule has 2 nitrogen and oxygen atoms in total. The molecule has 1 atom stereocenters. The highest BCUT2D eigenvalue weighted by molar-refractivity contribution is 5.86. The first-order valence-corrected chi connectivity index (χ1v) is 8.63. The molecule has 0 rings (SSSR count). The van der Waals surface area contributed by atoms with E-state index < -0.39 is 0 Å². The van der Waals surface area contributed by atoms with Crippen LogP contribution < -0.4 is 0 Å². The fourth-order valence-electron chi connectivity index (χ4n) is 2.57. The van der Waals surface area contributed by atoms with E-state index >= 15 is 0 Å². The van der Waals surface area contributed by atoms with Gasteiger partial charge in [-0.2, -0.15) is 0 Å². The van der Waals surface area contributed by atoms with Crippen molar-refractivity contribution in [2.75, 3.05) is 0 Å². The topological polar surface area (TPSA) is 34.1 Å². The van der Waals surface area contributed by atoms with Crippen molar-refractivity contribution < 1.29 is 9.59 Å². The van der Waals surface area contributed by atoms with Crippen LogP contribution in [0.25, 0.3) is 0 Å². The molecule has 0 aromatic rings. The highest BCUT2D eigenvalue weighted by atomic mass is 16.1. The minimum Gasteiger partial charge on any atom is -0.300 e. The highest BCUT2D eigenvalue weighted by Gasteiger charge is 2.17. The van der Waals surface area contributed by atoms with E-state index in [1.165, 1.54) is 25.7 Å². The van der Waals surface area contributed by atoms with Crippen LogP contribution in [0.15, 0.2) is 0 Å². The van der Waals surface area contributed by atoms with Gasteiger partial charge in [0.1, 0.15) is 11.6 Å². The molecule has 20 heavy (non-hydrogen) atoms. The van der Waals surface area contributed by atoms with Crippen LogP contribution in [-0.4, -0.2) is 11.6 Å². The zero-order chi connectivity index (χ0) is 15.2. The number of unbranched alkanes of at least 4 members (excludes halogenated alkanes) is 7. The van der Waals surface area contributed by atoms with Crippen LogP contribution in [0.1, 0.15) is 97.8 Å². The SMILES string of the molecule is CCCCCCCCC(=O)CC(CCCCC)C(C)=O. The van der Waals surface area contributed by atoms with Crippen molar-refractivity contribution in [3.8, 4) is 0 Å². The Hall–Kier alpha value is -0.660. The van der Waals surface area contributed by atoms with E-state index in [1.807, 2.05) is 0 Å². The molecule has 0 aromatic carbocycles. The van der Waals surface area contributed by atoms with Crippen molar-refractivity contribution in [3.63, 3.8) is 0 Å². The lowest BCUT2D eigenvalue weighted by molar-refractivity contribution is -0.127. The van der Waals surface area contributed by atoms with Crippen molar-refractivity contribution in [2.24, 2.45) is 5.92 Å². The van der Waals surface area contributed by atoms with Crippen LogP contribution in [0.2, 0.25) is 0 Å². The number of hydrogen-bond acceptors (Lipinski definition) is 2. The third-order valence-corrected chi connectivity index (χ3v) is 4.01. The van der Waals surface area contributed by atoms with E-state index in [0.29, 0.717) is 12.8 Å². The Bertz CT molecular complexity index is 258. The van der Waals surface area contributed by atoms with Gasteiger partial charge in [-0.25, -0.2) is 0 Å². The Morgan fingerprint density at radius 2 is 1.35 bits per heavy atom. The predicted molar refractivity (Wildman–Crippen MR) is 85.9 cm³/mol. The maximum atomic E-state index is 11.9. The monoisotopic (exact) mass is 282 g/mol. The highest BCUT2D eigenvalue weighted by Crippen LogP contribution is 2.17. The van der Waals surface area contributed by atoms with E-state index in [4.69, 9.17) is 0 Å². The van der Waals surface area contributed by atoms with E-state index in [1.54, 1.807) is 6.92 Å². The van der Waals surface area contributed by atoms with Crippen LogP contribution in [-0.2, 0) is 9.59 Å². The molecule has 1 unspecified atom stereocenters. The van der Waals surface area contributed by atoms with Crippen molar-refractivity contribution in [1.82, 2.24) is 0 Å². The van der Waals surface area contributed by atoms with Crippen LogP contribution in [0, 0.1) is 5.92 Å². The summed E-state index contributed by atoms with van der Waals surface area (Å²) in [6, 6.07) is 0. The van der Waals surface area contributed by atoms with Crippen LogP contribution >= 0.6 is 0 Å². The summed E-state index contributed by atoms with van der Waals surface area (Å²) in [5.41, 5.74) is 0. The maximum absolute atomic E-state index is 11.9. The Morgan fingerprint density at radius 1 is 0.800 bits per heavy atom. The normalized spacial score (nSPS) is 12.3. The van der Waals surface area contributed by atoms with Gasteiger partial charge in [-0.15, -0.1) is 0 Å². The predicted octanol–water partition coefficient (Wildman–Crippen LogP) is 5.48. The standard InChI is InChI=1S/C18H34O2/c1-4-6-8-9-10-12-14-18(20)15-17(16(3)19)13-11-7-5-2/h17H,4-15H2,1-3H3. The third-order valence-electron chi connectivity index (χ3n) is 4.01. The van der Waals surface area contributed by atoms with Gasteiger partial charge in [0, 0.05) is 18.8 Å². The first-order valence-electron chi connectivity index (χ1n) is 8.63. The molecule has 0 aromatic heterocycles. The van der Waals surface area contributed by atoms with Crippen LogP contribution in [0.4, 0.5) is 0 Å². The Morgan fingerprint density at radius 3 is 1.95 bits per heavy atom. The number of hydrogen-bond donors (Lipinski definition) is 0. The molecule has 0 N–H and O–H groups in total. The largest absolute Gasteiger partial charge is 0.300 e. The second kappa shape index (κ2) is 13.3. The third kappa shape index (κ3) is 11.2. The van der Waals surface area contributed by atoms with Crippen molar-refractivity contribution in [2.45, 2.75) is 97.8 Å². The molecular formula is C18H34O2. The van der Waals surface area contributed by atoms with Gasteiger partial charge in [-0.3, -0.25) is 9.59 Å². The Labute approximate surface area is 125 Å². The molecule has 0 aliphatic heterocycles. The zero-order valence-corrected chi connectivity index (χ0v) is 13.9. The summed E-state index contributed by atoms with van der Waals surface area (Å²) in [5, 5.41) is 0. The van der Waals surface area contributed by atoms with Crippen molar-refractivity contribution in [3.05, 3.63) is 0 Å². The molecule has 0 radical (unpaired) electrons. The summed E-state index contributed by atoms with van der Waals surface area (Å²) in [6.45, 7) is 6.01. The molecular weight excluding hydrogens is 248 g/mol.